The summed E-state index contributed by atoms with van der Waals surface area (Å²) in [6.07, 6.45) is 10.9. The number of alkyl carbamates (subject to hydrolysis) is 1. The van der Waals surface area contributed by atoms with Gasteiger partial charge in [0.2, 0.25) is 5.91 Å². The second-order valence-electron chi connectivity index (χ2n) is 9.49. The number of piperidine rings is 1. The molecule has 0 aliphatic carbocycles. The summed E-state index contributed by atoms with van der Waals surface area (Å²) >= 11 is 0. The Balaban J connectivity index is 1.98. The van der Waals surface area contributed by atoms with E-state index in [1.807, 2.05) is 68.6 Å². The molecule has 39 heavy (non-hydrogen) atoms. The molecule has 208 valence electrons. The zero-order valence-corrected chi connectivity index (χ0v) is 23.6. The number of H-pyrrole nitrogens is 1. The molecule has 3 N–H and O–H groups in total. The van der Waals surface area contributed by atoms with E-state index in [-0.39, 0.29) is 18.5 Å². The number of carbonyl (C=O) groups is 2. The molecule has 0 unspecified atom stereocenters. The largest absolute Gasteiger partial charge is 0.496 e. The van der Waals surface area contributed by atoms with Crippen molar-refractivity contribution < 1.29 is 19.1 Å². The smallest absolute Gasteiger partial charge is 0.407 e. The van der Waals surface area contributed by atoms with Crippen molar-refractivity contribution in [2.75, 3.05) is 40.9 Å². The van der Waals surface area contributed by atoms with Gasteiger partial charge in [0.1, 0.15) is 5.75 Å². The maximum Gasteiger partial charge on any atom is 0.407 e. The normalized spacial score (nSPS) is 16.2. The number of nitrogens with zero attached hydrogens (tertiary/aromatic N) is 1. The molecule has 0 radical (unpaired) electrons. The zero-order chi connectivity index (χ0) is 28.4. The molecule has 0 atom stereocenters. The SMILES string of the molecule is C=c1[nH]cc(-c2ccccc2OC)/c1=C/C(=C\C)C(/C=C(\CNC(=O)OC)C(=O)NC1CCN(C)CC1)=C/C. The molecule has 1 aromatic carbocycles. The number of hydrogen-bond donors (Lipinski definition) is 3. The summed E-state index contributed by atoms with van der Waals surface area (Å²) < 4.78 is 10.3. The molecule has 0 spiro atoms. The number of methoxy groups -OCH3 is 2. The van der Waals surface area contributed by atoms with Crippen LogP contribution in [0.4, 0.5) is 4.79 Å². The number of carbonyl (C=O) groups excluding carboxylic acids is 2. The van der Waals surface area contributed by atoms with Crippen LogP contribution in [0.25, 0.3) is 23.8 Å². The Hall–Kier alpha value is -4.04. The Labute approximate surface area is 230 Å². The highest BCUT2D eigenvalue weighted by molar-refractivity contribution is 5.95. The van der Waals surface area contributed by atoms with E-state index in [1.54, 1.807) is 7.11 Å². The number of allylic oxidation sites excluding steroid dienone is 5. The Bertz CT molecular complexity index is 1360. The summed E-state index contributed by atoms with van der Waals surface area (Å²) in [6, 6.07) is 7.93. The molecule has 8 nitrogen and oxygen atoms in total. The lowest BCUT2D eigenvalue weighted by molar-refractivity contribution is -0.118. The maximum absolute atomic E-state index is 13.4. The number of amides is 2. The highest BCUT2D eigenvalue weighted by Crippen LogP contribution is 2.27. The van der Waals surface area contributed by atoms with E-state index in [9.17, 15) is 9.59 Å². The van der Waals surface area contributed by atoms with Crippen LogP contribution in [0.3, 0.4) is 0 Å². The van der Waals surface area contributed by atoms with Crippen molar-refractivity contribution >= 4 is 24.7 Å². The van der Waals surface area contributed by atoms with E-state index in [2.05, 4.69) is 34.1 Å². The number of likely N-dealkylation sites (tertiary alicyclic amines) is 1. The molecule has 2 amide bonds. The lowest BCUT2D eigenvalue weighted by Crippen LogP contribution is -2.44. The Morgan fingerprint density at radius 2 is 1.79 bits per heavy atom. The van der Waals surface area contributed by atoms with Crippen LogP contribution < -0.4 is 25.9 Å². The summed E-state index contributed by atoms with van der Waals surface area (Å²) in [4.78, 5) is 30.7. The summed E-state index contributed by atoms with van der Waals surface area (Å²) in [7, 11) is 5.03. The molecule has 2 heterocycles. The minimum Gasteiger partial charge on any atom is -0.496 e. The van der Waals surface area contributed by atoms with Crippen LogP contribution in [0.2, 0.25) is 0 Å². The second-order valence-corrected chi connectivity index (χ2v) is 9.49. The third-order valence-corrected chi connectivity index (χ3v) is 6.94. The van der Waals surface area contributed by atoms with Crippen LogP contribution in [0.15, 0.2) is 65.4 Å². The lowest BCUT2D eigenvalue weighted by atomic mass is 9.98. The average Bonchev–Trinajstić information content (AvgIpc) is 3.32. The van der Waals surface area contributed by atoms with Crippen LogP contribution >= 0.6 is 0 Å². The number of aromatic nitrogens is 1. The standard InChI is InChI=1S/C31H40N4O4/c1-7-22(17-24(19-33-31(37)39-6)30(36)34-25-13-15-35(4)16-14-25)23(8-2)18-27-21(3)32-20-28(27)26-11-9-10-12-29(26)38-5/h7-12,17-18,20,25,32H,3,13-16,19H2,1-2,4-6H3,(H,33,37)(H,34,36)/b22-7+,23-8+,24-17+,27-18+. The van der Waals surface area contributed by atoms with Gasteiger partial charge in [0, 0.05) is 39.5 Å². The molecule has 1 saturated heterocycles. The lowest BCUT2D eigenvalue weighted by Gasteiger charge is -2.29. The minimum atomic E-state index is -0.594. The summed E-state index contributed by atoms with van der Waals surface area (Å²) in [5, 5.41) is 7.50. The van der Waals surface area contributed by atoms with Crippen molar-refractivity contribution in [3.63, 3.8) is 0 Å². The molecule has 1 aromatic heterocycles. The fraction of sp³-hybridized carbons (Fsp3) is 0.355. The molecule has 1 aliphatic heterocycles. The van der Waals surface area contributed by atoms with Crippen LogP contribution in [0.1, 0.15) is 26.7 Å². The first kappa shape index (κ1) is 29.5. The third kappa shape index (κ3) is 7.74. The number of benzene rings is 1. The Morgan fingerprint density at radius 1 is 1.10 bits per heavy atom. The molecule has 1 aliphatic rings. The first-order valence-corrected chi connectivity index (χ1v) is 13.2. The number of ether oxygens (including phenoxy) is 2. The van der Waals surface area contributed by atoms with E-state index in [1.165, 1.54) is 7.11 Å². The van der Waals surface area contributed by atoms with Crippen molar-refractivity contribution in [1.29, 1.82) is 0 Å². The molecule has 0 bridgehead atoms. The average molecular weight is 533 g/mol. The molecular formula is C31H40N4O4. The van der Waals surface area contributed by atoms with E-state index < -0.39 is 6.09 Å². The van der Waals surface area contributed by atoms with Crippen molar-refractivity contribution in [2.45, 2.75) is 32.7 Å². The highest BCUT2D eigenvalue weighted by Gasteiger charge is 2.21. The van der Waals surface area contributed by atoms with Gasteiger partial charge >= 0.3 is 6.09 Å². The Kier molecular flexibility index (Phi) is 10.8. The van der Waals surface area contributed by atoms with Crippen LogP contribution in [0.5, 0.6) is 5.75 Å². The van der Waals surface area contributed by atoms with Gasteiger partial charge in [0.25, 0.3) is 0 Å². The van der Waals surface area contributed by atoms with Gasteiger partial charge in [-0.05, 0) is 76.2 Å². The van der Waals surface area contributed by atoms with Gasteiger partial charge in [-0.2, -0.15) is 0 Å². The molecule has 3 rings (SSSR count). The van der Waals surface area contributed by atoms with Gasteiger partial charge in [0.05, 0.1) is 20.8 Å². The van der Waals surface area contributed by atoms with Crippen molar-refractivity contribution in [3.05, 3.63) is 76.0 Å². The van der Waals surface area contributed by atoms with E-state index >= 15 is 0 Å². The molecule has 8 heteroatoms. The molecular weight excluding hydrogens is 492 g/mol. The summed E-state index contributed by atoms with van der Waals surface area (Å²) in [5.41, 5.74) is 4.09. The highest BCUT2D eigenvalue weighted by atomic mass is 16.5. The number of aromatic amines is 1. The van der Waals surface area contributed by atoms with Gasteiger partial charge in [0.15, 0.2) is 0 Å². The summed E-state index contributed by atoms with van der Waals surface area (Å²) in [6.45, 7) is 9.97. The summed E-state index contributed by atoms with van der Waals surface area (Å²) in [5.74, 6) is 0.561. The second kappa shape index (κ2) is 14.2. The van der Waals surface area contributed by atoms with Crippen LogP contribution in [-0.4, -0.2) is 68.8 Å². The number of nitrogens with one attached hydrogen (secondary N) is 3. The molecule has 1 fully saturated rings. The van der Waals surface area contributed by atoms with Gasteiger partial charge in [-0.15, -0.1) is 0 Å². The first-order chi connectivity index (χ1) is 18.8. The van der Waals surface area contributed by atoms with Gasteiger partial charge < -0.3 is 30.0 Å². The number of rotatable bonds is 9. The molecule has 2 aromatic rings. The van der Waals surface area contributed by atoms with Crippen molar-refractivity contribution in [2.24, 2.45) is 0 Å². The maximum atomic E-state index is 13.4. The Morgan fingerprint density at radius 3 is 2.44 bits per heavy atom. The van der Waals surface area contributed by atoms with Crippen LogP contribution in [-0.2, 0) is 9.53 Å². The van der Waals surface area contributed by atoms with Crippen molar-refractivity contribution in [3.8, 4) is 16.9 Å². The predicted molar refractivity (Wildman–Crippen MR) is 157 cm³/mol. The monoisotopic (exact) mass is 532 g/mol. The molecule has 0 saturated carbocycles. The van der Waals surface area contributed by atoms with Gasteiger partial charge in [-0.25, -0.2) is 4.79 Å². The number of hydrogen-bond acceptors (Lipinski definition) is 5. The predicted octanol–water partition coefficient (Wildman–Crippen LogP) is 3.27. The zero-order valence-electron chi connectivity index (χ0n) is 23.6. The van der Waals surface area contributed by atoms with E-state index in [0.717, 1.165) is 64.5 Å². The van der Waals surface area contributed by atoms with E-state index in [0.29, 0.717) is 5.57 Å². The van der Waals surface area contributed by atoms with Gasteiger partial charge in [-0.1, -0.05) is 36.9 Å². The first-order valence-electron chi connectivity index (χ1n) is 13.2. The van der Waals surface area contributed by atoms with Crippen LogP contribution in [0, 0.1) is 0 Å². The third-order valence-electron chi connectivity index (χ3n) is 6.94. The van der Waals surface area contributed by atoms with Crippen molar-refractivity contribution in [1.82, 2.24) is 20.5 Å². The van der Waals surface area contributed by atoms with E-state index in [4.69, 9.17) is 9.47 Å². The van der Waals surface area contributed by atoms with Gasteiger partial charge in [-0.3, -0.25) is 4.79 Å². The fourth-order valence-corrected chi connectivity index (χ4v) is 4.61. The minimum absolute atomic E-state index is 0.0384. The topological polar surface area (TPSA) is 95.7 Å². The number of para-hydroxylation sites is 1. The fourth-order valence-electron chi connectivity index (χ4n) is 4.61. The quantitative estimate of drug-likeness (QED) is 0.340.